The van der Waals surface area contributed by atoms with Crippen molar-refractivity contribution in [3.05, 3.63) is 60.6 Å². The molecule has 3 aromatic rings. The van der Waals surface area contributed by atoms with E-state index < -0.39 is 0 Å². The molecular weight excluding hydrogens is 280 g/mol. The first-order valence-electron chi connectivity index (χ1n) is 8.68. The lowest BCUT2D eigenvalue weighted by Crippen LogP contribution is -2.10. The second-order valence-electron chi connectivity index (χ2n) is 7.14. The van der Waals surface area contributed by atoms with Gasteiger partial charge in [0.25, 0.3) is 0 Å². The maximum absolute atomic E-state index is 4.63. The van der Waals surface area contributed by atoms with E-state index in [0.717, 1.165) is 17.5 Å². The summed E-state index contributed by atoms with van der Waals surface area (Å²) in [5, 5.41) is 2.54. The van der Waals surface area contributed by atoms with E-state index in [2.05, 4.69) is 58.5 Å². The van der Waals surface area contributed by atoms with Gasteiger partial charge in [-0.25, -0.2) is 9.97 Å². The first-order chi connectivity index (χ1) is 11.4. The Morgan fingerprint density at radius 1 is 0.870 bits per heavy atom. The summed E-state index contributed by atoms with van der Waals surface area (Å²) in [6.45, 7) is 0. The summed E-state index contributed by atoms with van der Waals surface area (Å²) in [5.74, 6) is 2.46. The van der Waals surface area contributed by atoms with Gasteiger partial charge < -0.3 is 0 Å². The van der Waals surface area contributed by atoms with Crippen LogP contribution in [0.2, 0.25) is 0 Å². The molecule has 0 aliphatic heterocycles. The quantitative estimate of drug-likeness (QED) is 0.650. The van der Waals surface area contributed by atoms with Gasteiger partial charge in [0, 0.05) is 17.2 Å². The summed E-state index contributed by atoms with van der Waals surface area (Å²) in [5.41, 5.74) is 3.54. The van der Waals surface area contributed by atoms with Crippen LogP contribution in [0, 0.1) is 11.8 Å². The zero-order valence-corrected chi connectivity index (χ0v) is 13.2. The summed E-state index contributed by atoms with van der Waals surface area (Å²) >= 11 is 0. The van der Waals surface area contributed by atoms with Gasteiger partial charge in [-0.3, -0.25) is 0 Å². The molecule has 5 rings (SSSR count). The Hall–Kier alpha value is -2.22. The van der Waals surface area contributed by atoms with Gasteiger partial charge in [-0.1, -0.05) is 48.9 Å². The Morgan fingerprint density at radius 3 is 2.65 bits per heavy atom. The standard InChI is InChI=1S/C21H20N2/c1-2-6-17-15(4-1)5-3-7-18(17)20-12-21(23-13-22-20)19-11-14-8-9-16(19)10-14/h1-7,12-14,16,19H,8-11H2. The largest absolute Gasteiger partial charge is 0.241 e. The number of hydrogen-bond donors (Lipinski definition) is 0. The monoisotopic (exact) mass is 300 g/mol. The number of aromatic nitrogens is 2. The topological polar surface area (TPSA) is 25.8 Å². The fourth-order valence-electron chi connectivity index (χ4n) is 4.78. The normalized spacial score (nSPS) is 26.0. The van der Waals surface area contributed by atoms with E-state index in [1.54, 1.807) is 6.33 Å². The Kier molecular flexibility index (Phi) is 2.97. The van der Waals surface area contributed by atoms with Gasteiger partial charge in [0.15, 0.2) is 0 Å². The number of nitrogens with zero attached hydrogens (tertiary/aromatic N) is 2. The zero-order chi connectivity index (χ0) is 15.2. The van der Waals surface area contributed by atoms with Crippen molar-refractivity contribution in [2.24, 2.45) is 11.8 Å². The predicted molar refractivity (Wildman–Crippen MR) is 93.2 cm³/mol. The van der Waals surface area contributed by atoms with Gasteiger partial charge in [-0.2, -0.15) is 0 Å². The summed E-state index contributed by atoms with van der Waals surface area (Å²) in [4.78, 5) is 9.22. The predicted octanol–water partition coefficient (Wildman–Crippen LogP) is 5.20. The van der Waals surface area contributed by atoms with Gasteiger partial charge in [0.1, 0.15) is 6.33 Å². The minimum atomic E-state index is 0.658. The molecule has 0 amide bonds. The molecule has 0 radical (unpaired) electrons. The third kappa shape index (κ3) is 2.16. The Morgan fingerprint density at radius 2 is 1.78 bits per heavy atom. The van der Waals surface area contributed by atoms with Gasteiger partial charge in [-0.05, 0) is 47.9 Å². The Labute approximate surface area is 136 Å². The first-order valence-corrected chi connectivity index (χ1v) is 8.68. The highest BCUT2D eigenvalue weighted by atomic mass is 14.8. The van der Waals surface area contributed by atoms with Crippen molar-refractivity contribution in [3.8, 4) is 11.3 Å². The van der Waals surface area contributed by atoms with E-state index in [1.807, 2.05) is 0 Å². The van der Waals surface area contributed by atoms with Crippen LogP contribution in [0.4, 0.5) is 0 Å². The molecule has 2 fully saturated rings. The molecule has 0 saturated heterocycles. The highest BCUT2D eigenvalue weighted by molar-refractivity contribution is 5.95. The minimum Gasteiger partial charge on any atom is -0.241 e. The van der Waals surface area contributed by atoms with Crippen molar-refractivity contribution in [3.63, 3.8) is 0 Å². The van der Waals surface area contributed by atoms with E-state index >= 15 is 0 Å². The maximum atomic E-state index is 4.63. The van der Waals surface area contributed by atoms with E-state index in [-0.39, 0.29) is 0 Å². The van der Waals surface area contributed by atoms with Crippen molar-refractivity contribution in [2.75, 3.05) is 0 Å². The smallest absolute Gasteiger partial charge is 0.116 e. The molecule has 2 saturated carbocycles. The molecule has 114 valence electrons. The third-order valence-electron chi connectivity index (χ3n) is 5.87. The molecule has 2 aromatic carbocycles. The molecule has 0 N–H and O–H groups in total. The molecule has 23 heavy (non-hydrogen) atoms. The number of fused-ring (bicyclic) bond motifs is 3. The summed E-state index contributed by atoms with van der Waals surface area (Å²) in [7, 11) is 0. The maximum Gasteiger partial charge on any atom is 0.116 e. The molecular formula is C21H20N2. The Bertz CT molecular complexity index is 865. The van der Waals surface area contributed by atoms with Gasteiger partial charge in [-0.15, -0.1) is 0 Å². The van der Waals surface area contributed by atoms with Crippen LogP contribution in [-0.4, -0.2) is 9.97 Å². The van der Waals surface area contributed by atoms with Crippen molar-refractivity contribution in [1.29, 1.82) is 0 Å². The molecule has 2 aliphatic rings. The first kappa shape index (κ1) is 13.2. The average Bonchev–Trinajstić information content (AvgIpc) is 3.25. The second-order valence-corrected chi connectivity index (χ2v) is 7.14. The molecule has 3 atom stereocenters. The molecule has 0 spiro atoms. The van der Waals surface area contributed by atoms with E-state index in [4.69, 9.17) is 0 Å². The SMILES string of the molecule is c1ccc2c(-c3cc(C4CC5CCC4C5)ncn3)cccc2c1. The lowest BCUT2D eigenvalue weighted by molar-refractivity contribution is 0.413. The lowest BCUT2D eigenvalue weighted by atomic mass is 9.86. The van der Waals surface area contributed by atoms with Gasteiger partial charge in [0.05, 0.1) is 5.69 Å². The zero-order valence-electron chi connectivity index (χ0n) is 13.2. The molecule has 1 heterocycles. The minimum absolute atomic E-state index is 0.658. The molecule has 2 aliphatic carbocycles. The number of benzene rings is 2. The number of hydrogen-bond acceptors (Lipinski definition) is 2. The molecule has 2 bridgehead atoms. The molecule has 2 heteroatoms. The van der Waals surface area contributed by atoms with E-state index in [0.29, 0.717) is 5.92 Å². The lowest BCUT2D eigenvalue weighted by Gasteiger charge is -2.21. The molecule has 3 unspecified atom stereocenters. The average molecular weight is 300 g/mol. The number of rotatable bonds is 2. The van der Waals surface area contributed by atoms with Crippen LogP contribution in [0.1, 0.15) is 37.3 Å². The van der Waals surface area contributed by atoms with Crippen molar-refractivity contribution < 1.29 is 0 Å². The van der Waals surface area contributed by atoms with Crippen LogP contribution in [-0.2, 0) is 0 Å². The fourth-order valence-corrected chi connectivity index (χ4v) is 4.78. The summed E-state index contributed by atoms with van der Waals surface area (Å²) in [6.07, 6.45) is 7.33. The van der Waals surface area contributed by atoms with Gasteiger partial charge in [0.2, 0.25) is 0 Å². The van der Waals surface area contributed by atoms with Crippen molar-refractivity contribution >= 4 is 10.8 Å². The van der Waals surface area contributed by atoms with Crippen LogP contribution in [0.15, 0.2) is 54.9 Å². The van der Waals surface area contributed by atoms with Crippen LogP contribution in [0.25, 0.3) is 22.0 Å². The van der Waals surface area contributed by atoms with E-state index in [1.165, 1.54) is 47.7 Å². The van der Waals surface area contributed by atoms with E-state index in [9.17, 15) is 0 Å². The van der Waals surface area contributed by atoms with Gasteiger partial charge >= 0.3 is 0 Å². The third-order valence-corrected chi connectivity index (χ3v) is 5.87. The highest BCUT2D eigenvalue weighted by Gasteiger charge is 2.40. The fraction of sp³-hybridized carbons (Fsp3) is 0.333. The van der Waals surface area contributed by atoms with Crippen molar-refractivity contribution in [1.82, 2.24) is 9.97 Å². The Balaban J connectivity index is 1.59. The summed E-state index contributed by atoms with van der Waals surface area (Å²) in [6, 6.07) is 17.2. The molecule has 2 nitrogen and oxygen atoms in total. The second kappa shape index (κ2) is 5.16. The van der Waals surface area contributed by atoms with Crippen LogP contribution in [0.3, 0.4) is 0 Å². The van der Waals surface area contributed by atoms with Crippen molar-refractivity contribution in [2.45, 2.75) is 31.6 Å². The van der Waals surface area contributed by atoms with Crippen LogP contribution < -0.4 is 0 Å². The van der Waals surface area contributed by atoms with Crippen LogP contribution >= 0.6 is 0 Å². The van der Waals surface area contributed by atoms with Crippen LogP contribution in [0.5, 0.6) is 0 Å². The summed E-state index contributed by atoms with van der Waals surface area (Å²) < 4.78 is 0. The highest BCUT2D eigenvalue weighted by Crippen LogP contribution is 2.52. The molecule has 1 aromatic heterocycles.